The van der Waals surface area contributed by atoms with Crippen LogP contribution in [-0.4, -0.2) is 17.7 Å². The minimum absolute atomic E-state index is 0.0621. The molecule has 5 nitrogen and oxygen atoms in total. The number of rotatable bonds is 3. The molecule has 1 aromatic carbocycles. The van der Waals surface area contributed by atoms with E-state index in [4.69, 9.17) is 23.1 Å². The molecular weight excluding hydrogens is 250 g/mol. The van der Waals surface area contributed by atoms with Crippen LogP contribution in [0.15, 0.2) is 23.1 Å². The van der Waals surface area contributed by atoms with Crippen LogP contribution in [0.5, 0.6) is 0 Å². The van der Waals surface area contributed by atoms with Crippen molar-refractivity contribution in [2.24, 2.45) is 5.73 Å². The van der Waals surface area contributed by atoms with Gasteiger partial charge in [-0.15, -0.1) is 11.8 Å². The number of nitrogens with two attached hydrogens (primary N) is 2. The molecule has 0 saturated heterocycles. The fourth-order valence-corrected chi connectivity index (χ4v) is 2.02. The third-order valence-corrected chi connectivity index (χ3v) is 3.08. The van der Waals surface area contributed by atoms with Crippen molar-refractivity contribution >= 4 is 41.0 Å². The summed E-state index contributed by atoms with van der Waals surface area (Å²) in [6.45, 7) is 0. The molecule has 5 N–H and O–H groups in total. The molecule has 0 aliphatic rings. The average Bonchev–Trinajstić information content (AvgIpc) is 2.15. The van der Waals surface area contributed by atoms with Crippen molar-refractivity contribution < 1.29 is 9.59 Å². The average molecular weight is 260 g/mol. The minimum atomic E-state index is -0.867. The van der Waals surface area contributed by atoms with Crippen LogP contribution in [0.4, 0.5) is 10.5 Å². The number of imide groups is 1. The van der Waals surface area contributed by atoms with Gasteiger partial charge >= 0.3 is 6.03 Å². The summed E-state index contributed by atoms with van der Waals surface area (Å²) in [4.78, 5) is 22.2. The van der Waals surface area contributed by atoms with Gasteiger partial charge in [-0.1, -0.05) is 11.6 Å². The van der Waals surface area contributed by atoms with Crippen molar-refractivity contribution in [3.8, 4) is 0 Å². The number of carbonyl (C=O) groups excluding carboxylic acids is 2. The van der Waals surface area contributed by atoms with Crippen molar-refractivity contribution in [2.75, 3.05) is 11.5 Å². The molecular formula is C9H10ClN3O2S. The Bertz CT molecular complexity index is 425. The van der Waals surface area contributed by atoms with Gasteiger partial charge in [0.15, 0.2) is 0 Å². The van der Waals surface area contributed by atoms with Crippen molar-refractivity contribution in [3.05, 3.63) is 23.2 Å². The highest BCUT2D eigenvalue weighted by Crippen LogP contribution is 2.28. The van der Waals surface area contributed by atoms with E-state index in [9.17, 15) is 9.59 Å². The highest BCUT2D eigenvalue weighted by molar-refractivity contribution is 8.00. The highest BCUT2D eigenvalue weighted by atomic mass is 35.5. The second-order valence-corrected chi connectivity index (χ2v) is 4.32. The van der Waals surface area contributed by atoms with Crippen LogP contribution in [0.25, 0.3) is 0 Å². The first kappa shape index (κ1) is 12.7. The Morgan fingerprint density at radius 3 is 2.69 bits per heavy atom. The number of thioether (sulfide) groups is 1. The molecule has 7 heteroatoms. The van der Waals surface area contributed by atoms with Gasteiger partial charge in [0.1, 0.15) is 0 Å². The number of carbonyl (C=O) groups is 2. The molecule has 1 aromatic rings. The Labute approximate surface area is 102 Å². The van der Waals surface area contributed by atoms with Crippen LogP contribution >= 0.6 is 23.4 Å². The maximum absolute atomic E-state index is 11.1. The number of hydrogen-bond acceptors (Lipinski definition) is 4. The predicted octanol–water partition coefficient (Wildman–Crippen LogP) is 1.21. The third kappa shape index (κ3) is 4.00. The van der Waals surface area contributed by atoms with Crippen LogP contribution in [-0.2, 0) is 4.79 Å². The van der Waals surface area contributed by atoms with E-state index in [2.05, 4.69) is 0 Å². The lowest BCUT2D eigenvalue weighted by Gasteiger charge is -2.04. The van der Waals surface area contributed by atoms with Gasteiger partial charge in [-0.2, -0.15) is 0 Å². The molecule has 3 amide bonds. The molecule has 0 heterocycles. The Kier molecular flexibility index (Phi) is 4.45. The van der Waals surface area contributed by atoms with Crippen molar-refractivity contribution in [1.82, 2.24) is 5.32 Å². The van der Waals surface area contributed by atoms with E-state index >= 15 is 0 Å². The number of benzene rings is 1. The van der Waals surface area contributed by atoms with Crippen LogP contribution in [0.1, 0.15) is 0 Å². The highest BCUT2D eigenvalue weighted by Gasteiger charge is 2.07. The van der Waals surface area contributed by atoms with Gasteiger partial charge in [-0.3, -0.25) is 10.1 Å². The number of anilines is 1. The predicted molar refractivity (Wildman–Crippen MR) is 64.3 cm³/mol. The molecule has 0 aromatic heterocycles. The van der Waals surface area contributed by atoms with Gasteiger partial charge in [-0.05, 0) is 18.2 Å². The largest absolute Gasteiger partial charge is 0.399 e. The van der Waals surface area contributed by atoms with Gasteiger partial charge in [-0.25, -0.2) is 4.79 Å². The number of primary amides is 1. The topological polar surface area (TPSA) is 98.2 Å². The number of halogens is 1. The number of amides is 3. The van der Waals surface area contributed by atoms with Gasteiger partial charge in [0.2, 0.25) is 5.91 Å². The second-order valence-electron chi connectivity index (χ2n) is 2.89. The van der Waals surface area contributed by atoms with E-state index < -0.39 is 11.9 Å². The van der Waals surface area contributed by atoms with E-state index in [-0.39, 0.29) is 5.75 Å². The lowest BCUT2D eigenvalue weighted by molar-refractivity contribution is -0.117. The van der Waals surface area contributed by atoms with Gasteiger partial charge in [0.05, 0.1) is 10.8 Å². The Balaban J connectivity index is 2.54. The van der Waals surface area contributed by atoms with E-state index in [0.717, 1.165) is 4.90 Å². The summed E-state index contributed by atoms with van der Waals surface area (Å²) in [5.41, 5.74) is 10.9. The Hall–Kier alpha value is -1.40. The van der Waals surface area contributed by atoms with Crippen LogP contribution in [0, 0.1) is 0 Å². The molecule has 0 fully saturated rings. The number of hydrogen-bond donors (Lipinski definition) is 3. The lowest BCUT2D eigenvalue weighted by Crippen LogP contribution is -2.36. The molecule has 0 spiro atoms. The summed E-state index contributed by atoms with van der Waals surface area (Å²) in [7, 11) is 0. The molecule has 0 atom stereocenters. The van der Waals surface area contributed by atoms with Crippen molar-refractivity contribution in [3.63, 3.8) is 0 Å². The van der Waals surface area contributed by atoms with Crippen LogP contribution in [0.2, 0.25) is 5.02 Å². The monoisotopic (exact) mass is 259 g/mol. The van der Waals surface area contributed by atoms with Crippen molar-refractivity contribution in [2.45, 2.75) is 4.90 Å². The molecule has 0 unspecified atom stereocenters. The maximum atomic E-state index is 11.1. The summed E-state index contributed by atoms with van der Waals surface area (Å²) >= 11 is 7.09. The normalized spacial score (nSPS) is 9.81. The zero-order valence-corrected chi connectivity index (χ0v) is 9.77. The smallest absolute Gasteiger partial charge is 0.318 e. The first-order chi connectivity index (χ1) is 7.49. The summed E-state index contributed by atoms with van der Waals surface area (Å²) in [6.07, 6.45) is 0. The standard InChI is InChI=1S/C9H10ClN3O2S/c10-6-3-5(11)1-2-7(6)16-4-8(14)13-9(12)15/h1-3H,4,11H2,(H3,12,13,14,15). The number of nitrogen functional groups attached to an aromatic ring is 1. The van der Waals surface area contributed by atoms with E-state index in [1.165, 1.54) is 11.8 Å². The van der Waals surface area contributed by atoms with Gasteiger partial charge < -0.3 is 11.5 Å². The quantitative estimate of drug-likeness (QED) is 0.561. The number of urea groups is 1. The molecule has 0 aliphatic heterocycles. The van der Waals surface area contributed by atoms with Crippen molar-refractivity contribution in [1.29, 1.82) is 0 Å². The molecule has 16 heavy (non-hydrogen) atoms. The Morgan fingerprint density at radius 1 is 1.44 bits per heavy atom. The summed E-state index contributed by atoms with van der Waals surface area (Å²) in [5, 5.41) is 2.42. The fraction of sp³-hybridized carbons (Fsp3) is 0.111. The molecule has 1 rings (SSSR count). The van der Waals surface area contributed by atoms with Gasteiger partial charge in [0.25, 0.3) is 0 Å². The van der Waals surface area contributed by atoms with Crippen LogP contribution in [0.3, 0.4) is 0 Å². The summed E-state index contributed by atoms with van der Waals surface area (Å²) in [5.74, 6) is -0.405. The third-order valence-electron chi connectivity index (χ3n) is 1.58. The first-order valence-corrected chi connectivity index (χ1v) is 5.62. The number of nitrogens with one attached hydrogen (secondary N) is 1. The van der Waals surface area contributed by atoms with E-state index in [0.29, 0.717) is 10.7 Å². The maximum Gasteiger partial charge on any atom is 0.318 e. The van der Waals surface area contributed by atoms with E-state index in [1.54, 1.807) is 18.2 Å². The van der Waals surface area contributed by atoms with E-state index in [1.807, 2.05) is 5.32 Å². The van der Waals surface area contributed by atoms with Crippen LogP contribution < -0.4 is 16.8 Å². The molecule has 0 radical (unpaired) electrons. The molecule has 0 saturated carbocycles. The summed E-state index contributed by atoms with van der Waals surface area (Å²) < 4.78 is 0. The lowest BCUT2D eigenvalue weighted by atomic mass is 10.3. The Morgan fingerprint density at radius 2 is 2.12 bits per heavy atom. The second kappa shape index (κ2) is 5.62. The minimum Gasteiger partial charge on any atom is -0.399 e. The van der Waals surface area contributed by atoms with Gasteiger partial charge in [0, 0.05) is 10.6 Å². The summed E-state index contributed by atoms with van der Waals surface area (Å²) in [6, 6.07) is 4.12. The first-order valence-electron chi connectivity index (χ1n) is 4.26. The molecule has 0 aliphatic carbocycles. The molecule has 0 bridgehead atoms. The zero-order chi connectivity index (χ0) is 12.1. The zero-order valence-electron chi connectivity index (χ0n) is 8.20. The fourth-order valence-electron chi connectivity index (χ4n) is 0.951. The SMILES string of the molecule is NC(=O)NC(=O)CSc1ccc(N)cc1Cl. The molecule has 86 valence electrons.